The predicted octanol–water partition coefficient (Wildman–Crippen LogP) is 5.46. The van der Waals surface area contributed by atoms with Crippen molar-refractivity contribution < 1.29 is 23.4 Å². The Balaban J connectivity index is 1.49. The maximum atomic E-state index is 12.8. The van der Waals surface area contributed by atoms with Gasteiger partial charge in [-0.1, -0.05) is 43.7 Å². The Bertz CT molecular complexity index is 1270. The number of fused-ring (bicyclic) bond motifs is 2. The first kappa shape index (κ1) is 20.5. The van der Waals surface area contributed by atoms with Crippen LogP contribution in [0.25, 0.3) is 21.7 Å². The molecule has 1 heterocycles. The van der Waals surface area contributed by atoms with E-state index in [1.165, 1.54) is 6.26 Å². The standard InChI is InChI=1S/C25H22O6/c1-2-3-12-28-24(26)16-29-19-10-11-21-22(14-19)30-15-23(25(21)27)31-20-9-8-17-6-4-5-7-18(17)13-20/h4-11,13-15H,2-3,12,16H2,1H3. The number of benzene rings is 3. The summed E-state index contributed by atoms with van der Waals surface area (Å²) < 4.78 is 21.9. The molecule has 0 fully saturated rings. The Morgan fingerprint density at radius 3 is 2.61 bits per heavy atom. The molecule has 4 rings (SSSR count). The quantitative estimate of drug-likeness (QED) is 0.279. The number of unbranched alkanes of at least 4 members (excludes halogenated alkanes) is 1. The maximum Gasteiger partial charge on any atom is 0.344 e. The summed E-state index contributed by atoms with van der Waals surface area (Å²) in [4.78, 5) is 24.5. The summed E-state index contributed by atoms with van der Waals surface area (Å²) in [5.41, 5.74) is 0.0487. The van der Waals surface area contributed by atoms with Crippen molar-refractivity contribution in [3.63, 3.8) is 0 Å². The van der Waals surface area contributed by atoms with E-state index >= 15 is 0 Å². The van der Waals surface area contributed by atoms with Crippen molar-refractivity contribution in [1.29, 1.82) is 0 Å². The van der Waals surface area contributed by atoms with Crippen LogP contribution < -0.4 is 14.9 Å². The van der Waals surface area contributed by atoms with E-state index in [1.807, 2.05) is 49.4 Å². The molecule has 0 aliphatic rings. The van der Waals surface area contributed by atoms with Crippen molar-refractivity contribution in [3.8, 4) is 17.2 Å². The molecule has 31 heavy (non-hydrogen) atoms. The topological polar surface area (TPSA) is 75.0 Å². The lowest BCUT2D eigenvalue weighted by molar-refractivity contribution is -0.146. The summed E-state index contributed by atoms with van der Waals surface area (Å²) in [7, 11) is 0. The Morgan fingerprint density at radius 2 is 1.77 bits per heavy atom. The van der Waals surface area contributed by atoms with Crippen LogP contribution in [0.15, 0.2) is 76.1 Å². The summed E-state index contributed by atoms with van der Waals surface area (Å²) in [6, 6.07) is 18.3. The van der Waals surface area contributed by atoms with E-state index in [1.54, 1.807) is 18.2 Å². The predicted molar refractivity (Wildman–Crippen MR) is 118 cm³/mol. The first-order valence-corrected chi connectivity index (χ1v) is 10.1. The van der Waals surface area contributed by atoms with E-state index in [0.29, 0.717) is 29.1 Å². The zero-order valence-corrected chi connectivity index (χ0v) is 17.1. The van der Waals surface area contributed by atoms with Crippen LogP contribution in [0.3, 0.4) is 0 Å². The third-order valence-electron chi connectivity index (χ3n) is 4.78. The van der Waals surface area contributed by atoms with Gasteiger partial charge in [-0.25, -0.2) is 4.79 Å². The van der Waals surface area contributed by atoms with E-state index in [0.717, 1.165) is 23.6 Å². The molecule has 0 aliphatic carbocycles. The highest BCUT2D eigenvalue weighted by Crippen LogP contribution is 2.26. The highest BCUT2D eigenvalue weighted by molar-refractivity contribution is 5.84. The van der Waals surface area contributed by atoms with Crippen LogP contribution in [-0.2, 0) is 9.53 Å². The fourth-order valence-corrected chi connectivity index (χ4v) is 3.12. The lowest BCUT2D eigenvalue weighted by atomic mass is 10.1. The van der Waals surface area contributed by atoms with Gasteiger partial charge < -0.3 is 18.6 Å². The second kappa shape index (κ2) is 9.34. The van der Waals surface area contributed by atoms with Gasteiger partial charge in [-0.3, -0.25) is 4.79 Å². The van der Waals surface area contributed by atoms with E-state index in [9.17, 15) is 9.59 Å². The molecule has 0 bridgehead atoms. The van der Waals surface area contributed by atoms with Crippen molar-refractivity contribution in [2.45, 2.75) is 19.8 Å². The molecule has 0 aliphatic heterocycles. The Hall–Kier alpha value is -3.80. The highest BCUT2D eigenvalue weighted by Gasteiger charge is 2.11. The molecule has 0 amide bonds. The molecule has 0 radical (unpaired) electrons. The second-order valence-corrected chi connectivity index (χ2v) is 7.06. The molecule has 0 unspecified atom stereocenters. The molecule has 0 spiro atoms. The molecular formula is C25H22O6. The molecule has 4 aromatic rings. The van der Waals surface area contributed by atoms with Crippen LogP contribution in [0, 0.1) is 0 Å². The highest BCUT2D eigenvalue weighted by atomic mass is 16.6. The number of ether oxygens (including phenoxy) is 3. The SMILES string of the molecule is CCCCOC(=O)COc1ccc2c(=O)c(Oc3ccc4ccccc4c3)coc2c1. The number of carbonyl (C=O) groups is 1. The molecule has 0 N–H and O–H groups in total. The van der Waals surface area contributed by atoms with Crippen molar-refractivity contribution >= 4 is 27.7 Å². The molecule has 1 aromatic heterocycles. The van der Waals surface area contributed by atoms with Gasteiger partial charge in [0.1, 0.15) is 23.3 Å². The normalized spacial score (nSPS) is 10.9. The van der Waals surface area contributed by atoms with Gasteiger partial charge in [0.15, 0.2) is 6.61 Å². The average Bonchev–Trinajstić information content (AvgIpc) is 2.79. The Kier molecular flexibility index (Phi) is 6.17. The molecule has 158 valence electrons. The first-order chi connectivity index (χ1) is 15.1. The molecule has 0 saturated carbocycles. The summed E-state index contributed by atoms with van der Waals surface area (Å²) in [5.74, 6) is 0.614. The van der Waals surface area contributed by atoms with Crippen molar-refractivity contribution in [1.82, 2.24) is 0 Å². The first-order valence-electron chi connectivity index (χ1n) is 10.1. The minimum absolute atomic E-state index is 0.0935. The largest absolute Gasteiger partial charge is 0.482 e. The monoisotopic (exact) mass is 418 g/mol. The second-order valence-electron chi connectivity index (χ2n) is 7.06. The van der Waals surface area contributed by atoms with Crippen LogP contribution in [0.5, 0.6) is 17.2 Å². The van der Waals surface area contributed by atoms with Crippen LogP contribution in [0.1, 0.15) is 19.8 Å². The minimum Gasteiger partial charge on any atom is -0.482 e. The van der Waals surface area contributed by atoms with Crippen molar-refractivity contribution in [3.05, 3.63) is 77.2 Å². The number of rotatable bonds is 8. The number of hydrogen-bond donors (Lipinski definition) is 0. The Morgan fingerprint density at radius 1 is 0.968 bits per heavy atom. The van der Waals surface area contributed by atoms with Gasteiger partial charge in [0.2, 0.25) is 11.2 Å². The van der Waals surface area contributed by atoms with E-state index in [4.69, 9.17) is 18.6 Å². The van der Waals surface area contributed by atoms with Gasteiger partial charge in [0, 0.05) is 6.07 Å². The van der Waals surface area contributed by atoms with Gasteiger partial charge >= 0.3 is 5.97 Å². The van der Waals surface area contributed by atoms with Crippen molar-refractivity contribution in [2.75, 3.05) is 13.2 Å². The number of carbonyl (C=O) groups excluding carboxylic acids is 1. The third kappa shape index (κ3) is 4.86. The molecule has 6 heteroatoms. The molecule has 3 aromatic carbocycles. The zero-order valence-electron chi connectivity index (χ0n) is 17.1. The summed E-state index contributed by atoms with van der Waals surface area (Å²) in [6.45, 7) is 2.19. The van der Waals surface area contributed by atoms with Crippen LogP contribution in [0.4, 0.5) is 0 Å². The molecular weight excluding hydrogens is 396 g/mol. The fraction of sp³-hybridized carbons (Fsp3) is 0.200. The van der Waals surface area contributed by atoms with Gasteiger partial charge in [-0.2, -0.15) is 0 Å². The van der Waals surface area contributed by atoms with Gasteiger partial charge in [-0.15, -0.1) is 0 Å². The average molecular weight is 418 g/mol. The van der Waals surface area contributed by atoms with Gasteiger partial charge in [-0.05, 0) is 41.5 Å². The van der Waals surface area contributed by atoms with E-state index in [-0.39, 0.29) is 17.8 Å². The van der Waals surface area contributed by atoms with Crippen LogP contribution in [-0.4, -0.2) is 19.2 Å². The lowest BCUT2D eigenvalue weighted by Gasteiger charge is -2.09. The maximum absolute atomic E-state index is 12.8. The van der Waals surface area contributed by atoms with Crippen LogP contribution in [0.2, 0.25) is 0 Å². The molecule has 0 saturated heterocycles. The lowest BCUT2D eigenvalue weighted by Crippen LogP contribution is -2.15. The zero-order chi connectivity index (χ0) is 21.6. The molecule has 0 atom stereocenters. The van der Waals surface area contributed by atoms with E-state index in [2.05, 4.69) is 0 Å². The Labute approximate surface area is 179 Å². The van der Waals surface area contributed by atoms with Crippen LogP contribution >= 0.6 is 0 Å². The van der Waals surface area contributed by atoms with Crippen molar-refractivity contribution in [2.24, 2.45) is 0 Å². The smallest absolute Gasteiger partial charge is 0.344 e. The van der Waals surface area contributed by atoms with Gasteiger partial charge in [0.25, 0.3) is 0 Å². The number of hydrogen-bond acceptors (Lipinski definition) is 6. The summed E-state index contributed by atoms with van der Waals surface area (Å²) in [6.07, 6.45) is 3.05. The number of esters is 1. The van der Waals surface area contributed by atoms with Gasteiger partial charge in [0.05, 0.1) is 12.0 Å². The summed E-state index contributed by atoms with van der Waals surface area (Å²) >= 11 is 0. The minimum atomic E-state index is -0.436. The summed E-state index contributed by atoms with van der Waals surface area (Å²) in [5, 5.41) is 2.46. The third-order valence-corrected chi connectivity index (χ3v) is 4.78. The van der Waals surface area contributed by atoms with E-state index < -0.39 is 5.97 Å². The molecule has 6 nitrogen and oxygen atoms in total. The fourth-order valence-electron chi connectivity index (χ4n) is 3.12.